The van der Waals surface area contributed by atoms with Gasteiger partial charge in [0.25, 0.3) is 11.8 Å². The molecule has 0 saturated heterocycles. The lowest BCUT2D eigenvalue weighted by Gasteiger charge is -2.19. The van der Waals surface area contributed by atoms with Crippen molar-refractivity contribution in [2.45, 2.75) is 39.7 Å². The molecule has 162 valence electrons. The van der Waals surface area contributed by atoms with Gasteiger partial charge in [0.2, 0.25) is 0 Å². The van der Waals surface area contributed by atoms with E-state index in [1.165, 1.54) is 10.5 Å². The number of carbonyl (C=O) groups is 2. The minimum absolute atomic E-state index is 0.0387. The average Bonchev–Trinajstić information content (AvgIpc) is 3.00. The number of amides is 2. The fraction of sp³-hybridized carbons (Fsp3) is 0.214. The minimum Gasteiger partial charge on any atom is -0.350 e. The van der Waals surface area contributed by atoms with E-state index in [1.807, 2.05) is 73.7 Å². The van der Waals surface area contributed by atoms with E-state index in [9.17, 15) is 9.59 Å². The highest BCUT2D eigenvalue weighted by Gasteiger charge is 2.39. The predicted octanol–water partition coefficient (Wildman–Crippen LogP) is 5.68. The Hall–Kier alpha value is -3.66. The highest BCUT2D eigenvalue weighted by Crippen LogP contribution is 2.32. The minimum atomic E-state index is -0.311. The van der Waals surface area contributed by atoms with Gasteiger partial charge in [-0.15, -0.1) is 0 Å². The Bertz CT molecular complexity index is 1170. The van der Waals surface area contributed by atoms with Crippen molar-refractivity contribution in [2.24, 2.45) is 0 Å². The van der Waals surface area contributed by atoms with Gasteiger partial charge in [0.05, 0.1) is 12.1 Å². The first-order chi connectivity index (χ1) is 15.2. The van der Waals surface area contributed by atoms with E-state index < -0.39 is 0 Å². The van der Waals surface area contributed by atoms with E-state index in [2.05, 4.69) is 38.2 Å². The monoisotopic (exact) mass is 424 g/mol. The van der Waals surface area contributed by atoms with Gasteiger partial charge < -0.3 is 5.32 Å². The molecule has 3 aromatic carbocycles. The molecular formula is C28H28N2O2. The number of rotatable bonds is 5. The van der Waals surface area contributed by atoms with Gasteiger partial charge in [-0.25, -0.2) is 0 Å². The van der Waals surface area contributed by atoms with E-state index >= 15 is 0 Å². The van der Waals surface area contributed by atoms with Gasteiger partial charge in [0, 0.05) is 5.69 Å². The Kier molecular flexibility index (Phi) is 5.70. The van der Waals surface area contributed by atoms with Crippen molar-refractivity contribution in [1.82, 2.24) is 4.90 Å². The molecule has 0 aromatic heterocycles. The maximum absolute atomic E-state index is 13.4. The molecule has 1 N–H and O–H groups in total. The van der Waals surface area contributed by atoms with E-state index in [1.54, 1.807) is 0 Å². The van der Waals surface area contributed by atoms with Gasteiger partial charge >= 0.3 is 0 Å². The molecule has 0 radical (unpaired) electrons. The zero-order chi connectivity index (χ0) is 22.9. The summed E-state index contributed by atoms with van der Waals surface area (Å²) >= 11 is 0. The molecule has 32 heavy (non-hydrogen) atoms. The fourth-order valence-electron chi connectivity index (χ4n) is 3.78. The standard InChI is InChI=1S/C28H28N2O2/c1-19-10-12-20(13-11-19)18-30-26(31)24(21-8-6-5-7-9-21)25(27(30)32)29-23-16-14-22(15-17-23)28(2,3)4/h5-17,29H,18H2,1-4H3. The summed E-state index contributed by atoms with van der Waals surface area (Å²) in [6.45, 7) is 8.73. The molecule has 0 bridgehead atoms. The van der Waals surface area contributed by atoms with Crippen LogP contribution in [0.2, 0.25) is 0 Å². The van der Waals surface area contributed by atoms with Gasteiger partial charge in [0.15, 0.2) is 0 Å². The van der Waals surface area contributed by atoms with Crippen molar-refractivity contribution < 1.29 is 9.59 Å². The van der Waals surface area contributed by atoms with Crippen LogP contribution >= 0.6 is 0 Å². The van der Waals surface area contributed by atoms with Crippen molar-refractivity contribution in [3.8, 4) is 0 Å². The van der Waals surface area contributed by atoms with Gasteiger partial charge in [-0.2, -0.15) is 0 Å². The van der Waals surface area contributed by atoms with Gasteiger partial charge in [-0.05, 0) is 41.2 Å². The molecule has 0 unspecified atom stereocenters. The third-order valence-corrected chi connectivity index (χ3v) is 5.71. The maximum Gasteiger partial charge on any atom is 0.278 e. The molecule has 0 fully saturated rings. The molecule has 0 aliphatic carbocycles. The van der Waals surface area contributed by atoms with Crippen LogP contribution < -0.4 is 5.32 Å². The third-order valence-electron chi connectivity index (χ3n) is 5.71. The summed E-state index contributed by atoms with van der Waals surface area (Å²) in [4.78, 5) is 28.1. The van der Waals surface area contributed by atoms with Crippen LogP contribution in [0.25, 0.3) is 5.57 Å². The summed E-state index contributed by atoms with van der Waals surface area (Å²) in [5.74, 6) is -0.593. The largest absolute Gasteiger partial charge is 0.350 e. The molecule has 0 saturated carbocycles. The van der Waals surface area contributed by atoms with Crippen LogP contribution in [0.5, 0.6) is 0 Å². The third kappa shape index (κ3) is 4.35. The average molecular weight is 425 g/mol. The number of hydrogen-bond donors (Lipinski definition) is 1. The maximum atomic E-state index is 13.4. The number of carbonyl (C=O) groups excluding carboxylic acids is 2. The van der Waals surface area contributed by atoms with Crippen molar-refractivity contribution in [3.05, 3.63) is 107 Å². The molecule has 0 atom stereocenters. The van der Waals surface area contributed by atoms with E-state index in [0.29, 0.717) is 11.3 Å². The zero-order valence-corrected chi connectivity index (χ0v) is 19.0. The van der Waals surface area contributed by atoms with Crippen LogP contribution in [0, 0.1) is 6.92 Å². The quantitative estimate of drug-likeness (QED) is 0.536. The Morgan fingerprint density at radius 2 is 1.41 bits per heavy atom. The Balaban J connectivity index is 1.68. The predicted molar refractivity (Wildman–Crippen MR) is 129 cm³/mol. The molecule has 4 nitrogen and oxygen atoms in total. The molecule has 1 aliphatic rings. The first-order valence-electron chi connectivity index (χ1n) is 10.8. The summed E-state index contributed by atoms with van der Waals surface area (Å²) in [5, 5.41) is 3.24. The number of aryl methyl sites for hydroxylation is 1. The van der Waals surface area contributed by atoms with Crippen molar-refractivity contribution in [2.75, 3.05) is 5.32 Å². The smallest absolute Gasteiger partial charge is 0.278 e. The van der Waals surface area contributed by atoms with Crippen LogP contribution in [-0.4, -0.2) is 16.7 Å². The van der Waals surface area contributed by atoms with Crippen LogP contribution in [0.1, 0.15) is 43.0 Å². The molecule has 0 spiro atoms. The van der Waals surface area contributed by atoms with Crippen molar-refractivity contribution in [3.63, 3.8) is 0 Å². The summed E-state index contributed by atoms with van der Waals surface area (Å²) < 4.78 is 0. The molecule has 1 aliphatic heterocycles. The SMILES string of the molecule is Cc1ccc(CN2C(=O)C(Nc3ccc(C(C)(C)C)cc3)=C(c3ccccc3)C2=O)cc1. The molecule has 1 heterocycles. The number of anilines is 1. The van der Waals surface area contributed by atoms with Crippen LogP contribution in [0.15, 0.2) is 84.6 Å². The zero-order valence-electron chi connectivity index (χ0n) is 19.0. The highest BCUT2D eigenvalue weighted by molar-refractivity contribution is 6.36. The Morgan fingerprint density at radius 3 is 2.00 bits per heavy atom. The van der Waals surface area contributed by atoms with Gasteiger partial charge in [-0.1, -0.05) is 93.1 Å². The summed E-state index contributed by atoms with van der Waals surface area (Å²) in [5.41, 5.74) is 5.52. The fourth-order valence-corrected chi connectivity index (χ4v) is 3.78. The number of hydrogen-bond acceptors (Lipinski definition) is 3. The first-order valence-corrected chi connectivity index (χ1v) is 10.8. The van der Waals surface area contributed by atoms with E-state index in [-0.39, 0.29) is 23.8 Å². The second-order valence-corrected chi connectivity index (χ2v) is 9.25. The van der Waals surface area contributed by atoms with E-state index in [4.69, 9.17) is 0 Å². The Labute approximate surface area is 189 Å². The normalized spacial score (nSPS) is 14.3. The first kappa shape index (κ1) is 21.6. The second kappa shape index (κ2) is 8.46. The Morgan fingerprint density at radius 1 is 0.781 bits per heavy atom. The molecule has 4 heteroatoms. The number of imide groups is 1. The number of benzene rings is 3. The van der Waals surface area contributed by atoms with Crippen LogP contribution in [-0.2, 0) is 21.5 Å². The summed E-state index contributed by atoms with van der Waals surface area (Å²) in [6, 6.07) is 25.3. The summed E-state index contributed by atoms with van der Waals surface area (Å²) in [6.07, 6.45) is 0. The lowest BCUT2D eigenvalue weighted by molar-refractivity contribution is -0.137. The number of nitrogens with one attached hydrogen (secondary N) is 1. The van der Waals surface area contributed by atoms with Gasteiger partial charge in [0.1, 0.15) is 5.70 Å². The molecular weight excluding hydrogens is 396 g/mol. The highest BCUT2D eigenvalue weighted by atomic mass is 16.2. The van der Waals surface area contributed by atoms with Crippen molar-refractivity contribution in [1.29, 1.82) is 0 Å². The molecule has 3 aromatic rings. The summed E-state index contributed by atoms with van der Waals surface area (Å²) in [7, 11) is 0. The molecule has 4 rings (SSSR count). The lowest BCUT2D eigenvalue weighted by Crippen LogP contribution is -2.32. The van der Waals surface area contributed by atoms with Crippen molar-refractivity contribution >= 4 is 23.1 Å². The van der Waals surface area contributed by atoms with Crippen LogP contribution in [0.4, 0.5) is 5.69 Å². The number of nitrogens with zero attached hydrogens (tertiary/aromatic N) is 1. The topological polar surface area (TPSA) is 49.4 Å². The lowest BCUT2D eigenvalue weighted by atomic mass is 9.87. The van der Waals surface area contributed by atoms with E-state index in [0.717, 1.165) is 22.4 Å². The van der Waals surface area contributed by atoms with Crippen LogP contribution in [0.3, 0.4) is 0 Å². The second-order valence-electron chi connectivity index (χ2n) is 9.25. The van der Waals surface area contributed by atoms with Gasteiger partial charge in [-0.3, -0.25) is 14.5 Å². The molecule has 2 amide bonds.